The zero-order valence-corrected chi connectivity index (χ0v) is 8.91. The highest BCUT2D eigenvalue weighted by molar-refractivity contribution is 5.80. The molecule has 0 radical (unpaired) electrons. The van der Waals surface area contributed by atoms with Crippen molar-refractivity contribution >= 4 is 17.8 Å². The number of fused-ring (bicyclic) bond motifs is 1. The molecular weight excluding hydrogens is 204 g/mol. The zero-order chi connectivity index (χ0) is 11.5. The van der Waals surface area contributed by atoms with E-state index in [2.05, 4.69) is 10.2 Å². The van der Waals surface area contributed by atoms with Gasteiger partial charge in [0.15, 0.2) is 5.69 Å². The monoisotopic (exact) mass is 217 g/mol. The van der Waals surface area contributed by atoms with Crippen molar-refractivity contribution < 1.29 is 4.40 Å². The first-order chi connectivity index (χ1) is 7.68. The Morgan fingerprint density at radius 3 is 2.94 bits per heavy atom. The Morgan fingerprint density at radius 2 is 2.25 bits per heavy atom. The number of hydrogen-bond acceptors (Lipinski definition) is 2. The summed E-state index contributed by atoms with van der Waals surface area (Å²) in [5.41, 5.74) is 12.3. The molecule has 2 rings (SSSR count). The Morgan fingerprint density at radius 1 is 1.44 bits per heavy atom. The highest BCUT2D eigenvalue weighted by atomic mass is 15.3. The molecule has 0 saturated carbocycles. The van der Waals surface area contributed by atoms with Gasteiger partial charge in [0.05, 0.1) is 13.2 Å². The van der Waals surface area contributed by atoms with E-state index in [9.17, 15) is 0 Å². The van der Waals surface area contributed by atoms with Gasteiger partial charge in [-0.1, -0.05) is 6.07 Å². The summed E-state index contributed by atoms with van der Waals surface area (Å²) in [4.78, 5) is 0. The number of pyridine rings is 1. The average molecular weight is 217 g/mol. The van der Waals surface area contributed by atoms with Crippen molar-refractivity contribution in [3.05, 3.63) is 36.3 Å². The maximum absolute atomic E-state index is 5.17. The molecule has 0 bridgehead atoms. The zero-order valence-electron chi connectivity index (χ0n) is 8.91. The minimum Gasteiger partial charge on any atom is -0.369 e. The van der Waals surface area contributed by atoms with Crippen molar-refractivity contribution in [3.63, 3.8) is 0 Å². The first-order valence-electron chi connectivity index (χ1n) is 4.76. The summed E-state index contributed by atoms with van der Waals surface area (Å²) in [6.45, 7) is 0. The van der Waals surface area contributed by atoms with Crippen molar-refractivity contribution in [1.82, 2.24) is 4.57 Å². The highest BCUT2D eigenvalue weighted by Gasteiger charge is 2.10. The van der Waals surface area contributed by atoms with E-state index < -0.39 is 0 Å². The lowest BCUT2D eigenvalue weighted by molar-refractivity contribution is -0.510. The number of hydrogen-bond donors (Lipinski definition) is 2. The van der Waals surface area contributed by atoms with Crippen molar-refractivity contribution in [2.24, 2.45) is 28.7 Å². The predicted molar refractivity (Wildman–Crippen MR) is 62.0 cm³/mol. The maximum Gasteiger partial charge on any atom is 0.286 e. The summed E-state index contributed by atoms with van der Waals surface area (Å²) < 4.78 is 3.99. The molecule has 82 valence electrons. The van der Waals surface area contributed by atoms with Crippen LogP contribution in [-0.2, 0) is 7.05 Å². The van der Waals surface area contributed by atoms with Crippen LogP contribution in [0.2, 0.25) is 0 Å². The molecule has 0 aromatic carbocycles. The van der Waals surface area contributed by atoms with Crippen LogP contribution in [0.15, 0.2) is 40.8 Å². The van der Waals surface area contributed by atoms with E-state index in [1.165, 1.54) is 0 Å². The van der Waals surface area contributed by atoms with Gasteiger partial charge in [0.2, 0.25) is 5.96 Å². The fraction of sp³-hybridized carbons (Fsp3) is 0.100. The van der Waals surface area contributed by atoms with Crippen LogP contribution in [0.25, 0.3) is 5.65 Å². The molecule has 0 atom stereocenters. The Balaban J connectivity index is 2.42. The lowest BCUT2D eigenvalue weighted by atomic mass is 10.5. The summed E-state index contributed by atoms with van der Waals surface area (Å²) in [6, 6.07) is 5.95. The number of aromatic nitrogens is 2. The quantitative estimate of drug-likeness (QED) is 0.304. The normalized spacial score (nSPS) is 11.1. The molecule has 16 heavy (non-hydrogen) atoms. The van der Waals surface area contributed by atoms with E-state index in [1.54, 1.807) is 6.21 Å². The van der Waals surface area contributed by atoms with Crippen molar-refractivity contribution in [1.29, 1.82) is 0 Å². The van der Waals surface area contributed by atoms with Crippen molar-refractivity contribution in [2.75, 3.05) is 0 Å². The van der Waals surface area contributed by atoms with Gasteiger partial charge in [-0.25, -0.2) is 8.97 Å². The predicted octanol–water partition coefficient (Wildman–Crippen LogP) is -0.629. The number of rotatable bonds is 2. The third kappa shape index (κ3) is 1.85. The van der Waals surface area contributed by atoms with Gasteiger partial charge in [0, 0.05) is 6.07 Å². The average Bonchev–Trinajstić information content (AvgIpc) is 2.56. The van der Waals surface area contributed by atoms with Gasteiger partial charge in [-0.05, 0) is 6.07 Å². The van der Waals surface area contributed by atoms with Gasteiger partial charge in [-0.15, -0.1) is 5.10 Å². The van der Waals surface area contributed by atoms with Gasteiger partial charge >= 0.3 is 0 Å². The fourth-order valence-corrected chi connectivity index (χ4v) is 1.48. The standard InChI is InChI=1S/C10H13N6/c1-15-8(6-13-14-10(11)12)7-16-5-3-2-4-9(15)16/h2-7H,1H3,(H4,11,12,14)/q+1/b13-6+. The summed E-state index contributed by atoms with van der Waals surface area (Å²) in [6.07, 6.45) is 5.51. The number of nitrogens with zero attached hydrogens (tertiary/aromatic N) is 4. The van der Waals surface area contributed by atoms with E-state index in [0.717, 1.165) is 11.3 Å². The minimum atomic E-state index is -0.0531. The number of guanidine groups is 1. The smallest absolute Gasteiger partial charge is 0.286 e. The molecule has 4 N–H and O–H groups in total. The van der Waals surface area contributed by atoms with Crippen LogP contribution < -0.4 is 15.9 Å². The second kappa shape index (κ2) is 4.01. The molecule has 0 fully saturated rings. The van der Waals surface area contributed by atoms with E-state index in [4.69, 9.17) is 11.5 Å². The third-order valence-corrected chi connectivity index (χ3v) is 2.23. The van der Waals surface area contributed by atoms with Crippen molar-refractivity contribution in [3.8, 4) is 0 Å². The Labute approximate surface area is 92.5 Å². The summed E-state index contributed by atoms with van der Waals surface area (Å²) in [5.74, 6) is -0.0531. The fourth-order valence-electron chi connectivity index (χ4n) is 1.48. The molecule has 0 aliphatic carbocycles. The number of imidazole rings is 1. The molecule has 0 unspecified atom stereocenters. The molecule has 2 aromatic rings. The number of nitrogens with two attached hydrogens (primary N) is 2. The molecule has 6 nitrogen and oxygen atoms in total. The Hall–Kier alpha value is -2.37. The number of aryl methyl sites for hydroxylation is 1. The van der Waals surface area contributed by atoms with Gasteiger partial charge in [-0.2, -0.15) is 5.10 Å². The van der Waals surface area contributed by atoms with Crippen LogP contribution in [0.3, 0.4) is 0 Å². The third-order valence-electron chi connectivity index (χ3n) is 2.23. The first kappa shape index (κ1) is 10.2. The van der Waals surface area contributed by atoms with Gasteiger partial charge in [0.1, 0.15) is 12.4 Å². The van der Waals surface area contributed by atoms with Crippen LogP contribution in [0.5, 0.6) is 0 Å². The van der Waals surface area contributed by atoms with Gasteiger partial charge < -0.3 is 11.5 Å². The van der Waals surface area contributed by atoms with Gasteiger partial charge in [0.25, 0.3) is 5.65 Å². The summed E-state index contributed by atoms with van der Waals surface area (Å²) in [7, 11) is 1.95. The molecule has 2 heterocycles. The van der Waals surface area contributed by atoms with E-state index in [-0.39, 0.29) is 5.96 Å². The van der Waals surface area contributed by atoms with Crippen LogP contribution in [-0.4, -0.2) is 16.7 Å². The molecule has 0 amide bonds. The van der Waals surface area contributed by atoms with Crippen molar-refractivity contribution in [2.45, 2.75) is 0 Å². The molecule has 0 saturated heterocycles. The Kier molecular flexibility index (Phi) is 2.55. The summed E-state index contributed by atoms with van der Waals surface area (Å²) >= 11 is 0. The molecule has 0 spiro atoms. The van der Waals surface area contributed by atoms with Crippen LogP contribution in [0.1, 0.15) is 5.69 Å². The van der Waals surface area contributed by atoms with Crippen LogP contribution in [0.4, 0.5) is 0 Å². The highest BCUT2D eigenvalue weighted by Crippen LogP contribution is 2.00. The lowest BCUT2D eigenvalue weighted by Gasteiger charge is -1.87. The van der Waals surface area contributed by atoms with Crippen LogP contribution in [0, 0.1) is 0 Å². The Bertz CT molecular complexity index is 562. The first-order valence-corrected chi connectivity index (χ1v) is 4.76. The summed E-state index contributed by atoms with van der Waals surface area (Å²) in [5, 5.41) is 7.33. The molecule has 0 aliphatic heterocycles. The maximum atomic E-state index is 5.17. The molecular formula is C10H13N6+. The topological polar surface area (TPSA) is 85.8 Å². The molecule has 2 aromatic heterocycles. The minimum absolute atomic E-state index is 0.0531. The molecule has 6 heteroatoms. The van der Waals surface area contributed by atoms with E-state index in [1.807, 2.05) is 46.6 Å². The second-order valence-corrected chi connectivity index (χ2v) is 3.35. The molecule has 0 aliphatic rings. The lowest BCUT2D eigenvalue weighted by Crippen LogP contribution is -2.21. The second-order valence-electron chi connectivity index (χ2n) is 3.35. The van der Waals surface area contributed by atoms with E-state index in [0.29, 0.717) is 0 Å². The van der Waals surface area contributed by atoms with E-state index >= 15 is 0 Å². The SMILES string of the molecule is Cn1c(/C=N/N=C(N)N)c[n+]2ccccc12. The largest absolute Gasteiger partial charge is 0.369 e. The van der Waals surface area contributed by atoms with Crippen LogP contribution >= 0.6 is 0 Å². The van der Waals surface area contributed by atoms with Gasteiger partial charge in [-0.3, -0.25) is 0 Å².